The number of para-hydroxylation sites is 3. The van der Waals surface area contributed by atoms with Gasteiger partial charge in [-0.05, 0) is 47.5 Å². The van der Waals surface area contributed by atoms with Crippen LogP contribution in [-0.2, 0) is 22.7 Å². The molecule has 5 aromatic rings. The van der Waals surface area contributed by atoms with Gasteiger partial charge in [0.1, 0.15) is 17.2 Å². The number of hydrogen-bond donors (Lipinski definition) is 0. The fraction of sp³-hybridized carbons (Fsp3) is 0.118. The molecule has 0 spiro atoms. The van der Waals surface area contributed by atoms with Gasteiger partial charge < -0.3 is 23.5 Å². The highest BCUT2D eigenvalue weighted by atomic mass is 31.1. The molecule has 202 valence electrons. The predicted molar refractivity (Wildman–Crippen MR) is 160 cm³/mol. The van der Waals surface area contributed by atoms with Gasteiger partial charge in [-0.2, -0.15) is 0 Å². The average molecular weight is 551 g/mol. The molecule has 6 heteroatoms. The Balaban J connectivity index is 1.34. The predicted octanol–water partition coefficient (Wildman–Crippen LogP) is 7.22. The van der Waals surface area contributed by atoms with Crippen LogP contribution in [0.3, 0.4) is 0 Å². The lowest BCUT2D eigenvalue weighted by atomic mass is 10.2. The molecule has 0 heterocycles. The maximum Gasteiger partial charge on any atom is 0.189 e. The van der Waals surface area contributed by atoms with Crippen LogP contribution in [0.1, 0.15) is 11.1 Å². The summed E-state index contributed by atoms with van der Waals surface area (Å²) in [5, 5.41) is 1.84. The second kappa shape index (κ2) is 14.9. The van der Waals surface area contributed by atoms with E-state index in [0.29, 0.717) is 24.7 Å². The molecule has 0 amide bonds. The summed E-state index contributed by atoms with van der Waals surface area (Å²) in [4.78, 5) is 0. The molecule has 5 nitrogen and oxygen atoms in total. The number of benzene rings is 5. The van der Waals surface area contributed by atoms with Gasteiger partial charge in [-0.3, -0.25) is 0 Å². The Kier molecular flexibility index (Phi) is 10.2. The SMILES string of the molecule is c1ccc(COCOc2ccccc2P(Oc2ccccc2)c2ccccc2OCOCc2ccccc2)cc1. The van der Waals surface area contributed by atoms with Crippen molar-refractivity contribution < 1.29 is 23.5 Å². The lowest BCUT2D eigenvalue weighted by Gasteiger charge is -2.23. The summed E-state index contributed by atoms with van der Waals surface area (Å²) in [5.74, 6) is 2.17. The van der Waals surface area contributed by atoms with E-state index >= 15 is 0 Å². The minimum absolute atomic E-state index is 0.117. The van der Waals surface area contributed by atoms with E-state index in [1.165, 1.54) is 0 Å². The van der Waals surface area contributed by atoms with Crippen LogP contribution in [0.4, 0.5) is 0 Å². The van der Waals surface area contributed by atoms with Crippen molar-refractivity contribution in [2.24, 2.45) is 0 Å². The minimum atomic E-state index is -1.36. The lowest BCUT2D eigenvalue weighted by molar-refractivity contribution is 0.00561. The van der Waals surface area contributed by atoms with Crippen LogP contribution >= 0.6 is 8.15 Å². The summed E-state index contributed by atoms with van der Waals surface area (Å²) in [5.41, 5.74) is 2.18. The van der Waals surface area contributed by atoms with Gasteiger partial charge in [-0.1, -0.05) is 103 Å². The molecule has 0 aliphatic carbocycles. The fourth-order valence-electron chi connectivity index (χ4n) is 3.99. The molecule has 0 saturated heterocycles. The first-order valence-electron chi connectivity index (χ1n) is 13.1. The highest BCUT2D eigenvalue weighted by Crippen LogP contribution is 2.42. The van der Waals surface area contributed by atoms with E-state index in [-0.39, 0.29) is 13.6 Å². The Hall–Kier alpha value is -4.15. The molecule has 0 bridgehead atoms. The zero-order valence-corrected chi connectivity index (χ0v) is 23.0. The molecule has 0 radical (unpaired) electrons. The van der Waals surface area contributed by atoms with Crippen LogP contribution in [0.5, 0.6) is 17.2 Å². The summed E-state index contributed by atoms with van der Waals surface area (Å²) in [6.45, 7) is 1.17. The van der Waals surface area contributed by atoms with Crippen molar-refractivity contribution in [1.82, 2.24) is 0 Å². The quantitative estimate of drug-likeness (QED) is 0.0830. The van der Waals surface area contributed by atoms with Crippen LogP contribution in [0.25, 0.3) is 0 Å². The van der Waals surface area contributed by atoms with Crippen molar-refractivity contribution in [3.8, 4) is 17.2 Å². The maximum absolute atomic E-state index is 6.64. The van der Waals surface area contributed by atoms with E-state index in [9.17, 15) is 0 Å². The molecule has 0 fully saturated rings. The molecule has 0 aliphatic heterocycles. The van der Waals surface area contributed by atoms with Gasteiger partial charge in [0.15, 0.2) is 21.7 Å². The first kappa shape index (κ1) is 27.4. The summed E-state index contributed by atoms with van der Waals surface area (Å²) in [6, 6.07) is 45.7. The maximum atomic E-state index is 6.64. The van der Waals surface area contributed by atoms with Crippen LogP contribution in [-0.4, -0.2) is 13.6 Å². The monoisotopic (exact) mass is 550 g/mol. The minimum Gasteiger partial charge on any atom is -0.467 e. The summed E-state index contributed by atoms with van der Waals surface area (Å²) < 4.78 is 30.5. The van der Waals surface area contributed by atoms with Crippen LogP contribution in [0, 0.1) is 0 Å². The Morgan fingerprint density at radius 2 is 0.825 bits per heavy atom. The first-order chi connectivity index (χ1) is 19.9. The van der Waals surface area contributed by atoms with Crippen LogP contribution < -0.4 is 24.6 Å². The van der Waals surface area contributed by atoms with E-state index in [1.54, 1.807) is 0 Å². The van der Waals surface area contributed by atoms with E-state index in [2.05, 4.69) is 0 Å². The lowest BCUT2D eigenvalue weighted by Crippen LogP contribution is -2.21. The zero-order chi connectivity index (χ0) is 27.2. The second-order valence-corrected chi connectivity index (χ2v) is 10.6. The van der Waals surface area contributed by atoms with Crippen molar-refractivity contribution in [3.63, 3.8) is 0 Å². The molecule has 0 aromatic heterocycles. The topological polar surface area (TPSA) is 46.2 Å². The average Bonchev–Trinajstić information content (AvgIpc) is 3.02. The van der Waals surface area contributed by atoms with Gasteiger partial charge in [-0.25, -0.2) is 0 Å². The molecule has 5 rings (SSSR count). The largest absolute Gasteiger partial charge is 0.467 e. The summed E-state index contributed by atoms with van der Waals surface area (Å²) >= 11 is 0. The smallest absolute Gasteiger partial charge is 0.189 e. The normalized spacial score (nSPS) is 10.8. The first-order valence-corrected chi connectivity index (χ1v) is 14.3. The third-order valence-corrected chi connectivity index (χ3v) is 7.93. The Labute approximate surface area is 236 Å². The van der Waals surface area contributed by atoms with E-state index < -0.39 is 8.15 Å². The highest BCUT2D eigenvalue weighted by molar-refractivity contribution is 7.69. The summed E-state index contributed by atoms with van der Waals surface area (Å²) in [6.07, 6.45) is 0. The molecule has 0 N–H and O–H groups in total. The van der Waals surface area contributed by atoms with E-state index in [1.807, 2.05) is 140 Å². The Morgan fingerprint density at radius 3 is 1.30 bits per heavy atom. The van der Waals surface area contributed by atoms with Gasteiger partial charge in [0.05, 0.1) is 23.8 Å². The second-order valence-electron chi connectivity index (χ2n) is 8.83. The van der Waals surface area contributed by atoms with Crippen molar-refractivity contribution >= 4 is 18.8 Å². The highest BCUT2D eigenvalue weighted by Gasteiger charge is 2.25. The van der Waals surface area contributed by atoms with Gasteiger partial charge >= 0.3 is 0 Å². The molecule has 40 heavy (non-hydrogen) atoms. The third kappa shape index (κ3) is 7.93. The number of hydrogen-bond acceptors (Lipinski definition) is 5. The van der Waals surface area contributed by atoms with Crippen LogP contribution in [0.15, 0.2) is 140 Å². The van der Waals surface area contributed by atoms with Crippen LogP contribution in [0.2, 0.25) is 0 Å². The molecule has 5 aromatic carbocycles. The van der Waals surface area contributed by atoms with Gasteiger partial charge in [0.25, 0.3) is 0 Å². The van der Waals surface area contributed by atoms with Crippen molar-refractivity contribution in [3.05, 3.63) is 151 Å². The fourth-order valence-corrected chi connectivity index (χ4v) is 5.90. The zero-order valence-electron chi connectivity index (χ0n) is 22.1. The molecule has 0 saturated carbocycles. The van der Waals surface area contributed by atoms with E-state index in [0.717, 1.165) is 27.5 Å². The molecule has 0 unspecified atom stereocenters. The molecular weight excluding hydrogens is 519 g/mol. The van der Waals surface area contributed by atoms with Crippen molar-refractivity contribution in [1.29, 1.82) is 0 Å². The van der Waals surface area contributed by atoms with Gasteiger partial charge in [0, 0.05) is 0 Å². The molecular formula is C34H31O5P. The third-order valence-electron chi connectivity index (χ3n) is 5.93. The Morgan fingerprint density at radius 1 is 0.425 bits per heavy atom. The van der Waals surface area contributed by atoms with Gasteiger partial charge in [0.2, 0.25) is 0 Å². The van der Waals surface area contributed by atoms with E-state index in [4.69, 9.17) is 23.5 Å². The van der Waals surface area contributed by atoms with Crippen molar-refractivity contribution in [2.75, 3.05) is 13.6 Å². The van der Waals surface area contributed by atoms with Crippen molar-refractivity contribution in [2.45, 2.75) is 13.2 Å². The number of rotatable bonds is 14. The Bertz CT molecular complexity index is 1340. The van der Waals surface area contributed by atoms with Gasteiger partial charge in [-0.15, -0.1) is 0 Å². The number of ether oxygens (including phenoxy) is 4. The summed E-state index contributed by atoms with van der Waals surface area (Å²) in [7, 11) is -1.36. The standard InChI is InChI=1S/C34H31O5P/c1-4-14-28(15-5-1)24-35-26-37-31-20-10-12-22-33(31)40(39-30-18-8-3-9-19-30)34-23-13-11-21-32(34)38-27-36-25-29-16-6-2-7-17-29/h1-23H,24-27H2. The molecule has 0 aliphatic rings. The molecule has 0 atom stereocenters.